The largest absolute Gasteiger partial charge is 0.332 e. The summed E-state index contributed by atoms with van der Waals surface area (Å²) in [7, 11) is 1.78. The van der Waals surface area contributed by atoms with E-state index in [1.54, 1.807) is 11.7 Å². The molecule has 0 spiro atoms. The Balaban J connectivity index is 2.74. The Morgan fingerprint density at radius 3 is 2.52 bits per heavy atom. The molecule has 1 N–H and O–H groups in total. The third-order valence-corrected chi connectivity index (χ3v) is 3.73. The zero-order valence-corrected chi connectivity index (χ0v) is 15.4. The molecule has 0 bridgehead atoms. The van der Waals surface area contributed by atoms with E-state index in [0.29, 0.717) is 12.4 Å². The lowest BCUT2D eigenvalue weighted by Gasteiger charge is -2.20. The van der Waals surface area contributed by atoms with Gasteiger partial charge in [-0.15, -0.1) is 11.6 Å². The van der Waals surface area contributed by atoms with Crippen molar-refractivity contribution < 1.29 is 9.59 Å². The number of aryl methyl sites for hydroxylation is 1. The van der Waals surface area contributed by atoms with Gasteiger partial charge in [0.05, 0.1) is 12.2 Å². The number of hydrogen-bond donors (Lipinski definition) is 1. The minimum absolute atomic E-state index is 0.00157. The number of halogens is 1. The zero-order valence-electron chi connectivity index (χ0n) is 14.6. The van der Waals surface area contributed by atoms with Gasteiger partial charge in [0.15, 0.2) is 0 Å². The van der Waals surface area contributed by atoms with Gasteiger partial charge < -0.3 is 10.2 Å². The van der Waals surface area contributed by atoms with Crippen LogP contribution in [0, 0.1) is 0 Å². The molecule has 23 heavy (non-hydrogen) atoms. The molecule has 0 aliphatic rings. The van der Waals surface area contributed by atoms with Crippen molar-refractivity contribution in [3.63, 3.8) is 0 Å². The molecule has 2 amide bonds. The van der Waals surface area contributed by atoms with Crippen molar-refractivity contribution in [3.05, 3.63) is 11.8 Å². The molecule has 0 radical (unpaired) electrons. The number of carbonyl (C=O) groups is 2. The van der Waals surface area contributed by atoms with Crippen molar-refractivity contribution in [2.75, 3.05) is 24.3 Å². The fourth-order valence-electron chi connectivity index (χ4n) is 2.03. The number of unbranched alkanes of at least 4 members (excludes halogenated alkanes) is 1. The Bertz CT molecular complexity index is 549. The Kier molecular flexibility index (Phi) is 7.06. The average Bonchev–Trinajstić information content (AvgIpc) is 2.83. The number of anilines is 1. The highest BCUT2D eigenvalue weighted by atomic mass is 35.5. The Morgan fingerprint density at radius 2 is 2.04 bits per heavy atom. The molecule has 7 heteroatoms. The summed E-state index contributed by atoms with van der Waals surface area (Å²) >= 11 is 5.61. The van der Waals surface area contributed by atoms with Crippen LogP contribution in [-0.2, 0) is 22.1 Å². The standard InChI is InChI=1S/C16H27ClN4O2/c1-6-7-8-21(15(23)10-17)11-14(22)18-13-9-12(16(2,3)4)19-20(13)5/h9H,6-8,10-11H2,1-5H3,(H,18,22). The molecule has 1 aromatic heterocycles. The smallest absolute Gasteiger partial charge is 0.245 e. The van der Waals surface area contributed by atoms with E-state index in [4.69, 9.17) is 11.6 Å². The molecule has 0 saturated heterocycles. The highest BCUT2D eigenvalue weighted by Crippen LogP contribution is 2.23. The van der Waals surface area contributed by atoms with Crippen LogP contribution in [0.2, 0.25) is 0 Å². The van der Waals surface area contributed by atoms with Crippen molar-refractivity contribution in [2.24, 2.45) is 7.05 Å². The van der Waals surface area contributed by atoms with Gasteiger partial charge in [0, 0.05) is 25.1 Å². The minimum Gasteiger partial charge on any atom is -0.332 e. The summed E-state index contributed by atoms with van der Waals surface area (Å²) < 4.78 is 1.64. The number of amides is 2. The second kappa shape index (κ2) is 8.34. The van der Waals surface area contributed by atoms with Crippen LogP contribution in [0.4, 0.5) is 5.82 Å². The van der Waals surface area contributed by atoms with E-state index < -0.39 is 0 Å². The molecule has 0 unspecified atom stereocenters. The normalized spacial score (nSPS) is 11.4. The Morgan fingerprint density at radius 1 is 1.39 bits per heavy atom. The number of nitrogens with zero attached hydrogens (tertiary/aromatic N) is 3. The van der Waals surface area contributed by atoms with Crippen molar-refractivity contribution >= 4 is 29.2 Å². The fraction of sp³-hybridized carbons (Fsp3) is 0.688. The first-order valence-electron chi connectivity index (χ1n) is 7.87. The summed E-state index contributed by atoms with van der Waals surface area (Å²) in [6.45, 7) is 8.76. The van der Waals surface area contributed by atoms with E-state index in [-0.39, 0.29) is 29.7 Å². The third-order valence-electron chi connectivity index (χ3n) is 3.50. The second-order valence-corrected chi connectivity index (χ2v) is 6.91. The molecule has 0 fully saturated rings. The van der Waals surface area contributed by atoms with Crippen molar-refractivity contribution in [3.8, 4) is 0 Å². The van der Waals surface area contributed by atoms with Gasteiger partial charge in [-0.05, 0) is 6.42 Å². The maximum atomic E-state index is 12.2. The van der Waals surface area contributed by atoms with Crippen LogP contribution in [0.5, 0.6) is 0 Å². The first-order valence-corrected chi connectivity index (χ1v) is 8.40. The number of carbonyl (C=O) groups excluding carboxylic acids is 2. The molecular formula is C16H27ClN4O2. The maximum Gasteiger partial charge on any atom is 0.245 e. The van der Waals surface area contributed by atoms with Crippen LogP contribution < -0.4 is 5.32 Å². The van der Waals surface area contributed by atoms with Gasteiger partial charge in [-0.2, -0.15) is 5.10 Å². The molecule has 0 aromatic carbocycles. The van der Waals surface area contributed by atoms with Gasteiger partial charge in [-0.25, -0.2) is 0 Å². The molecule has 0 aliphatic heterocycles. The molecule has 6 nitrogen and oxygen atoms in total. The summed E-state index contributed by atoms with van der Waals surface area (Å²) in [5.74, 6) is 0.0315. The van der Waals surface area contributed by atoms with E-state index in [9.17, 15) is 9.59 Å². The van der Waals surface area contributed by atoms with Gasteiger partial charge in [-0.3, -0.25) is 14.3 Å². The van der Waals surface area contributed by atoms with Crippen LogP contribution >= 0.6 is 11.6 Å². The van der Waals surface area contributed by atoms with E-state index >= 15 is 0 Å². The fourth-order valence-corrected chi connectivity index (χ4v) is 2.20. The van der Waals surface area contributed by atoms with Crippen LogP contribution in [0.25, 0.3) is 0 Å². The highest BCUT2D eigenvalue weighted by Gasteiger charge is 2.21. The Labute approximate surface area is 143 Å². The van der Waals surface area contributed by atoms with Crippen LogP contribution in [0.1, 0.15) is 46.2 Å². The van der Waals surface area contributed by atoms with Crippen LogP contribution in [0.15, 0.2) is 6.07 Å². The summed E-state index contributed by atoms with van der Waals surface area (Å²) in [6.07, 6.45) is 1.79. The number of alkyl halides is 1. The molecular weight excluding hydrogens is 316 g/mol. The lowest BCUT2D eigenvalue weighted by atomic mass is 9.92. The van der Waals surface area contributed by atoms with Crippen molar-refractivity contribution in [1.29, 1.82) is 0 Å². The zero-order chi connectivity index (χ0) is 17.6. The summed E-state index contributed by atoms with van der Waals surface area (Å²) in [5, 5.41) is 7.23. The third kappa shape index (κ3) is 5.86. The lowest BCUT2D eigenvalue weighted by molar-refractivity contribution is -0.132. The predicted octanol–water partition coefficient (Wildman–Crippen LogP) is 2.52. The molecule has 0 saturated carbocycles. The van der Waals surface area contributed by atoms with Gasteiger partial charge in [-0.1, -0.05) is 34.1 Å². The monoisotopic (exact) mass is 342 g/mol. The molecule has 1 heterocycles. The number of rotatable bonds is 7. The summed E-state index contributed by atoms with van der Waals surface area (Å²) in [5.41, 5.74) is 0.803. The van der Waals surface area contributed by atoms with E-state index in [0.717, 1.165) is 18.5 Å². The topological polar surface area (TPSA) is 67.2 Å². The van der Waals surface area contributed by atoms with Gasteiger partial charge in [0.2, 0.25) is 11.8 Å². The summed E-state index contributed by atoms with van der Waals surface area (Å²) in [6, 6.07) is 1.86. The second-order valence-electron chi connectivity index (χ2n) is 6.64. The lowest BCUT2D eigenvalue weighted by Crippen LogP contribution is -2.39. The van der Waals surface area contributed by atoms with Crippen molar-refractivity contribution in [2.45, 2.75) is 46.0 Å². The van der Waals surface area contributed by atoms with E-state index in [1.165, 1.54) is 4.90 Å². The number of aromatic nitrogens is 2. The van der Waals surface area contributed by atoms with Crippen LogP contribution in [-0.4, -0.2) is 45.5 Å². The molecule has 0 aliphatic carbocycles. The predicted molar refractivity (Wildman–Crippen MR) is 92.7 cm³/mol. The molecule has 0 atom stereocenters. The summed E-state index contributed by atoms with van der Waals surface area (Å²) in [4.78, 5) is 25.5. The number of nitrogens with one attached hydrogen (secondary N) is 1. The first-order chi connectivity index (χ1) is 10.7. The molecule has 130 valence electrons. The number of hydrogen-bond acceptors (Lipinski definition) is 3. The molecule has 1 rings (SSSR count). The van der Waals surface area contributed by atoms with Gasteiger partial charge >= 0.3 is 0 Å². The quantitative estimate of drug-likeness (QED) is 0.774. The van der Waals surface area contributed by atoms with E-state index in [1.807, 2.05) is 13.0 Å². The minimum atomic E-state index is -0.247. The average molecular weight is 343 g/mol. The van der Waals surface area contributed by atoms with Crippen molar-refractivity contribution in [1.82, 2.24) is 14.7 Å². The van der Waals surface area contributed by atoms with E-state index in [2.05, 4.69) is 31.2 Å². The van der Waals surface area contributed by atoms with Gasteiger partial charge in [0.25, 0.3) is 0 Å². The highest BCUT2D eigenvalue weighted by molar-refractivity contribution is 6.27. The maximum absolute atomic E-state index is 12.2. The molecule has 1 aromatic rings. The Hall–Kier alpha value is -1.56. The van der Waals surface area contributed by atoms with Gasteiger partial charge in [0.1, 0.15) is 11.7 Å². The first kappa shape index (κ1) is 19.5. The SMILES string of the molecule is CCCCN(CC(=O)Nc1cc(C(C)(C)C)nn1C)C(=O)CCl. The van der Waals surface area contributed by atoms with Crippen LogP contribution in [0.3, 0.4) is 0 Å².